The van der Waals surface area contributed by atoms with Crippen LogP contribution in [0.4, 0.5) is 0 Å². The van der Waals surface area contributed by atoms with Crippen LogP contribution in [0.15, 0.2) is 12.2 Å². The van der Waals surface area contributed by atoms with Gasteiger partial charge in [0.25, 0.3) is 0 Å². The zero-order valence-electron chi connectivity index (χ0n) is 9.49. The Kier molecular flexibility index (Phi) is 2.59. The molecule has 0 aliphatic heterocycles. The third-order valence-corrected chi connectivity index (χ3v) is 4.06. The lowest BCUT2D eigenvalue weighted by molar-refractivity contribution is -0.130. The van der Waals surface area contributed by atoms with Crippen LogP contribution in [0.2, 0.25) is 0 Å². The Hall–Kier alpha value is -0.830. The van der Waals surface area contributed by atoms with Gasteiger partial charge in [0.1, 0.15) is 0 Å². The molecule has 0 spiro atoms. The van der Waals surface area contributed by atoms with Crippen LogP contribution in [0, 0.1) is 17.3 Å². The molecule has 1 fully saturated rings. The summed E-state index contributed by atoms with van der Waals surface area (Å²) in [6, 6.07) is 0.417. The van der Waals surface area contributed by atoms with Crippen molar-refractivity contribution < 1.29 is 4.79 Å². The molecule has 3 N–H and O–H groups in total. The van der Waals surface area contributed by atoms with E-state index >= 15 is 0 Å². The number of amides is 1. The van der Waals surface area contributed by atoms with Crippen LogP contribution in [0.5, 0.6) is 0 Å². The smallest absolute Gasteiger partial charge is 0.223 e. The Morgan fingerprint density at radius 3 is 2.80 bits per heavy atom. The van der Waals surface area contributed by atoms with Gasteiger partial charge in [-0.25, -0.2) is 0 Å². The minimum absolute atomic E-state index is 0.137. The summed E-state index contributed by atoms with van der Waals surface area (Å²) < 4.78 is 0. The zero-order chi connectivity index (χ0) is 11.1. The zero-order valence-corrected chi connectivity index (χ0v) is 9.49. The lowest BCUT2D eigenvalue weighted by Gasteiger charge is -2.44. The third kappa shape index (κ3) is 1.81. The molecule has 3 nitrogen and oxygen atoms in total. The van der Waals surface area contributed by atoms with E-state index in [-0.39, 0.29) is 11.3 Å². The molecule has 1 amide bonds. The number of rotatable bonds is 2. The summed E-state index contributed by atoms with van der Waals surface area (Å²) >= 11 is 0. The molecule has 0 aromatic rings. The van der Waals surface area contributed by atoms with Crippen LogP contribution in [-0.4, -0.2) is 19.0 Å². The summed E-state index contributed by atoms with van der Waals surface area (Å²) in [5.74, 6) is 0.976. The first-order chi connectivity index (χ1) is 7.05. The predicted octanol–water partition coefficient (Wildman–Crippen LogP) is 1.05. The van der Waals surface area contributed by atoms with E-state index in [4.69, 9.17) is 5.73 Å². The van der Waals surface area contributed by atoms with Gasteiger partial charge in [0.05, 0.1) is 0 Å². The fraction of sp³-hybridized carbons (Fsp3) is 0.750. The fourth-order valence-corrected chi connectivity index (χ4v) is 3.18. The Morgan fingerprint density at radius 2 is 2.20 bits per heavy atom. The molecular weight excluding hydrogens is 188 g/mol. The molecule has 84 valence electrons. The number of nitrogens with one attached hydrogen (secondary N) is 1. The van der Waals surface area contributed by atoms with Gasteiger partial charge in [-0.2, -0.15) is 0 Å². The molecule has 1 saturated carbocycles. The number of fused-ring (bicyclic) bond motifs is 2. The Bertz CT molecular complexity index is 300. The van der Waals surface area contributed by atoms with Crippen LogP contribution in [0.25, 0.3) is 0 Å². The van der Waals surface area contributed by atoms with E-state index in [0.717, 1.165) is 12.8 Å². The van der Waals surface area contributed by atoms with E-state index in [1.807, 2.05) is 14.0 Å². The van der Waals surface area contributed by atoms with Crippen molar-refractivity contribution in [3.63, 3.8) is 0 Å². The molecule has 0 radical (unpaired) electrons. The van der Waals surface area contributed by atoms with Crippen LogP contribution in [-0.2, 0) is 4.79 Å². The lowest BCUT2D eigenvalue weighted by Crippen LogP contribution is -2.47. The van der Waals surface area contributed by atoms with Crippen molar-refractivity contribution in [2.75, 3.05) is 7.05 Å². The summed E-state index contributed by atoms with van der Waals surface area (Å²) in [5, 5.41) is 3.30. The third-order valence-electron chi connectivity index (χ3n) is 4.06. The summed E-state index contributed by atoms with van der Waals surface area (Å²) in [6.07, 6.45) is 7.54. The molecule has 0 heterocycles. The van der Waals surface area contributed by atoms with Crippen molar-refractivity contribution >= 4 is 5.91 Å². The maximum absolute atomic E-state index is 11.5. The molecule has 4 atom stereocenters. The number of hydrogen-bond acceptors (Lipinski definition) is 2. The summed E-state index contributed by atoms with van der Waals surface area (Å²) in [7, 11) is 1.98. The van der Waals surface area contributed by atoms with Gasteiger partial charge in [0.2, 0.25) is 5.91 Å². The van der Waals surface area contributed by atoms with Crippen molar-refractivity contribution in [2.24, 2.45) is 23.0 Å². The molecule has 0 saturated heterocycles. The van der Waals surface area contributed by atoms with Gasteiger partial charge in [0.15, 0.2) is 0 Å². The second kappa shape index (κ2) is 3.63. The highest BCUT2D eigenvalue weighted by Crippen LogP contribution is 2.46. The average molecular weight is 208 g/mol. The number of hydrogen-bond donors (Lipinski definition) is 2. The number of carbonyl (C=O) groups excluding carboxylic acids is 1. The molecule has 4 unspecified atom stereocenters. The number of nitrogens with two attached hydrogens (primary N) is 1. The van der Waals surface area contributed by atoms with Gasteiger partial charge in [0, 0.05) is 11.5 Å². The first-order valence-electron chi connectivity index (χ1n) is 5.70. The molecule has 15 heavy (non-hydrogen) atoms. The predicted molar refractivity (Wildman–Crippen MR) is 60.1 cm³/mol. The lowest BCUT2D eigenvalue weighted by atomic mass is 9.62. The van der Waals surface area contributed by atoms with Crippen LogP contribution in [0.1, 0.15) is 26.2 Å². The standard InChI is InChI=1S/C12H20N2O/c1-12(11(13)15)6-8-3-4-10(14-2)9(5-8)7-12/h3-4,8-10,14H,5-7H2,1-2H3,(H2,13,15). The van der Waals surface area contributed by atoms with Crippen molar-refractivity contribution in [1.82, 2.24) is 5.32 Å². The minimum atomic E-state index is -0.298. The molecule has 3 heteroatoms. The normalized spacial score (nSPS) is 44.0. The van der Waals surface area contributed by atoms with Gasteiger partial charge in [-0.05, 0) is 38.1 Å². The highest BCUT2D eigenvalue weighted by Gasteiger charge is 2.43. The minimum Gasteiger partial charge on any atom is -0.369 e. The highest BCUT2D eigenvalue weighted by molar-refractivity contribution is 5.80. The molecule has 0 aromatic carbocycles. The van der Waals surface area contributed by atoms with Crippen molar-refractivity contribution in [3.8, 4) is 0 Å². The quantitative estimate of drug-likeness (QED) is 0.666. The highest BCUT2D eigenvalue weighted by atomic mass is 16.1. The maximum atomic E-state index is 11.5. The number of carbonyl (C=O) groups is 1. The van der Waals surface area contributed by atoms with Gasteiger partial charge in [-0.1, -0.05) is 19.1 Å². The molecular formula is C12H20N2O. The van der Waals surface area contributed by atoms with Gasteiger partial charge < -0.3 is 11.1 Å². The summed E-state index contributed by atoms with van der Waals surface area (Å²) in [5.41, 5.74) is 5.21. The second-order valence-electron chi connectivity index (χ2n) is 5.29. The summed E-state index contributed by atoms with van der Waals surface area (Å²) in [6.45, 7) is 2.01. The maximum Gasteiger partial charge on any atom is 0.223 e. The van der Waals surface area contributed by atoms with Crippen molar-refractivity contribution in [2.45, 2.75) is 32.2 Å². The Balaban J connectivity index is 2.21. The van der Waals surface area contributed by atoms with E-state index in [0.29, 0.717) is 17.9 Å². The summed E-state index contributed by atoms with van der Waals surface area (Å²) in [4.78, 5) is 11.5. The molecule has 2 bridgehead atoms. The van der Waals surface area contributed by atoms with Gasteiger partial charge in [-0.3, -0.25) is 4.79 Å². The van der Waals surface area contributed by atoms with E-state index in [1.54, 1.807) is 0 Å². The first-order valence-corrected chi connectivity index (χ1v) is 5.70. The molecule has 2 aliphatic rings. The number of likely N-dealkylation sites (N-methyl/N-ethyl adjacent to an activating group) is 1. The largest absolute Gasteiger partial charge is 0.369 e. The number of primary amides is 1. The second-order valence-corrected chi connectivity index (χ2v) is 5.29. The van der Waals surface area contributed by atoms with E-state index in [1.165, 1.54) is 6.42 Å². The Labute approximate surface area is 91.1 Å². The van der Waals surface area contributed by atoms with Crippen molar-refractivity contribution in [1.29, 1.82) is 0 Å². The monoisotopic (exact) mass is 208 g/mol. The SMILES string of the molecule is CNC1C=CC2CC1CC(C)(C(N)=O)C2. The molecule has 2 rings (SSSR count). The van der Waals surface area contributed by atoms with Gasteiger partial charge >= 0.3 is 0 Å². The number of allylic oxidation sites excluding steroid dienone is 1. The van der Waals surface area contributed by atoms with Crippen LogP contribution in [0.3, 0.4) is 0 Å². The average Bonchev–Trinajstić information content (AvgIpc) is 2.17. The van der Waals surface area contributed by atoms with Crippen LogP contribution >= 0.6 is 0 Å². The van der Waals surface area contributed by atoms with E-state index < -0.39 is 0 Å². The van der Waals surface area contributed by atoms with Crippen LogP contribution < -0.4 is 11.1 Å². The first kappa shape index (κ1) is 10.7. The molecule has 0 aromatic heterocycles. The van der Waals surface area contributed by atoms with Gasteiger partial charge in [-0.15, -0.1) is 0 Å². The molecule has 2 aliphatic carbocycles. The topological polar surface area (TPSA) is 55.1 Å². The van der Waals surface area contributed by atoms with E-state index in [2.05, 4.69) is 17.5 Å². The van der Waals surface area contributed by atoms with E-state index in [9.17, 15) is 4.79 Å². The fourth-order valence-electron chi connectivity index (χ4n) is 3.18. The Morgan fingerprint density at radius 1 is 1.47 bits per heavy atom. The van der Waals surface area contributed by atoms with Crippen molar-refractivity contribution in [3.05, 3.63) is 12.2 Å².